The number of methoxy groups -OCH3 is 1. The van der Waals surface area contributed by atoms with E-state index in [0.717, 1.165) is 19.2 Å². The van der Waals surface area contributed by atoms with Crippen molar-refractivity contribution in [2.45, 2.75) is 31.9 Å². The number of carbonyl (C=O) groups excluding carboxylic acids is 1. The predicted octanol–water partition coefficient (Wildman–Crippen LogP) is 4.21. The smallest absolute Gasteiger partial charge is 0.391 e. The standard InChI is InChI=1S/C16H17F5O3/c1-3-24-15(22)11-7-8(16(19,20)21)6-10(11)9-4-5-12(17)13(18)14(9)23-2/h4-5,8,10-11H,3,6-7H2,1-2H3/t8-,10-,11+/m0/s1. The molecule has 1 saturated carbocycles. The zero-order valence-electron chi connectivity index (χ0n) is 13.1. The van der Waals surface area contributed by atoms with Crippen molar-refractivity contribution >= 4 is 5.97 Å². The van der Waals surface area contributed by atoms with E-state index >= 15 is 0 Å². The molecule has 1 aromatic carbocycles. The van der Waals surface area contributed by atoms with Gasteiger partial charge in [0, 0.05) is 11.5 Å². The molecule has 8 heteroatoms. The van der Waals surface area contributed by atoms with Crippen LogP contribution in [0.15, 0.2) is 12.1 Å². The lowest BCUT2D eigenvalue weighted by molar-refractivity contribution is -0.174. The first kappa shape index (κ1) is 18.5. The first-order chi connectivity index (χ1) is 11.2. The van der Waals surface area contributed by atoms with E-state index in [1.807, 2.05) is 0 Å². The largest absolute Gasteiger partial charge is 0.493 e. The van der Waals surface area contributed by atoms with Crippen LogP contribution in [0.3, 0.4) is 0 Å². The molecule has 0 radical (unpaired) electrons. The van der Waals surface area contributed by atoms with Crippen molar-refractivity contribution in [3.05, 3.63) is 29.3 Å². The molecular weight excluding hydrogens is 335 g/mol. The fourth-order valence-corrected chi connectivity index (χ4v) is 3.20. The monoisotopic (exact) mass is 352 g/mol. The molecule has 1 aliphatic rings. The summed E-state index contributed by atoms with van der Waals surface area (Å²) in [6, 6.07) is 1.98. The van der Waals surface area contributed by atoms with Gasteiger partial charge >= 0.3 is 12.1 Å². The molecule has 0 bridgehead atoms. The number of rotatable bonds is 4. The third-order valence-corrected chi connectivity index (χ3v) is 4.30. The van der Waals surface area contributed by atoms with E-state index in [1.54, 1.807) is 6.92 Å². The van der Waals surface area contributed by atoms with Gasteiger partial charge in [0.25, 0.3) is 0 Å². The highest BCUT2D eigenvalue weighted by atomic mass is 19.4. The minimum Gasteiger partial charge on any atom is -0.493 e. The SMILES string of the molecule is CCOC(=O)[C@@H]1C[C@@H](C(F)(F)F)C[C@H]1c1ccc(F)c(F)c1OC. The van der Waals surface area contributed by atoms with Crippen LogP contribution in [0, 0.1) is 23.5 Å². The normalized spacial score (nSPS) is 24.0. The molecule has 0 N–H and O–H groups in total. The van der Waals surface area contributed by atoms with Crippen LogP contribution in [0.5, 0.6) is 5.75 Å². The van der Waals surface area contributed by atoms with Crippen molar-refractivity contribution in [3.8, 4) is 5.75 Å². The number of ether oxygens (including phenoxy) is 2. The van der Waals surface area contributed by atoms with E-state index in [9.17, 15) is 26.7 Å². The molecule has 0 saturated heterocycles. The zero-order chi connectivity index (χ0) is 18.1. The summed E-state index contributed by atoms with van der Waals surface area (Å²) in [7, 11) is 1.09. The Morgan fingerprint density at radius 3 is 2.46 bits per heavy atom. The van der Waals surface area contributed by atoms with Crippen LogP contribution in [-0.4, -0.2) is 25.9 Å². The van der Waals surface area contributed by atoms with Crippen LogP contribution in [0.2, 0.25) is 0 Å². The van der Waals surface area contributed by atoms with Crippen LogP contribution < -0.4 is 4.74 Å². The zero-order valence-corrected chi connectivity index (χ0v) is 13.1. The molecule has 24 heavy (non-hydrogen) atoms. The Kier molecular flexibility index (Phi) is 5.35. The molecule has 134 valence electrons. The molecule has 0 aromatic heterocycles. The summed E-state index contributed by atoms with van der Waals surface area (Å²) in [6.45, 7) is 1.56. The van der Waals surface area contributed by atoms with E-state index in [4.69, 9.17) is 9.47 Å². The summed E-state index contributed by atoms with van der Waals surface area (Å²) >= 11 is 0. The van der Waals surface area contributed by atoms with Gasteiger partial charge < -0.3 is 9.47 Å². The molecule has 3 nitrogen and oxygen atoms in total. The van der Waals surface area contributed by atoms with Gasteiger partial charge in [0.2, 0.25) is 5.82 Å². The second-order valence-electron chi connectivity index (χ2n) is 5.66. The summed E-state index contributed by atoms with van der Waals surface area (Å²) in [5.41, 5.74) is 0.0428. The second-order valence-corrected chi connectivity index (χ2v) is 5.66. The van der Waals surface area contributed by atoms with Crippen molar-refractivity contribution in [2.75, 3.05) is 13.7 Å². The number of esters is 1. The van der Waals surface area contributed by atoms with Crippen molar-refractivity contribution in [3.63, 3.8) is 0 Å². The fraction of sp³-hybridized carbons (Fsp3) is 0.562. The maximum Gasteiger partial charge on any atom is 0.391 e. The van der Waals surface area contributed by atoms with Crippen molar-refractivity contribution in [2.24, 2.45) is 11.8 Å². The minimum absolute atomic E-state index is 0.0215. The molecule has 0 spiro atoms. The van der Waals surface area contributed by atoms with E-state index in [1.165, 1.54) is 0 Å². The molecule has 0 aliphatic heterocycles. The molecule has 1 aromatic rings. The summed E-state index contributed by atoms with van der Waals surface area (Å²) in [4.78, 5) is 12.1. The average Bonchev–Trinajstić information content (AvgIpc) is 2.95. The first-order valence-electron chi connectivity index (χ1n) is 7.45. The van der Waals surface area contributed by atoms with Gasteiger partial charge in [0.1, 0.15) is 0 Å². The Morgan fingerprint density at radius 1 is 1.25 bits per heavy atom. The summed E-state index contributed by atoms with van der Waals surface area (Å²) < 4.78 is 76.2. The average molecular weight is 352 g/mol. The highest BCUT2D eigenvalue weighted by Gasteiger charge is 2.51. The highest BCUT2D eigenvalue weighted by molar-refractivity contribution is 5.74. The van der Waals surface area contributed by atoms with E-state index in [2.05, 4.69) is 0 Å². The topological polar surface area (TPSA) is 35.5 Å². The molecular formula is C16H17F5O3. The molecule has 2 rings (SSSR count). The van der Waals surface area contributed by atoms with Gasteiger partial charge in [-0.3, -0.25) is 4.79 Å². The summed E-state index contributed by atoms with van der Waals surface area (Å²) in [6.07, 6.45) is -5.34. The highest BCUT2D eigenvalue weighted by Crippen LogP contribution is 2.51. The Labute approximate surface area is 135 Å². The molecule has 0 unspecified atom stereocenters. The van der Waals surface area contributed by atoms with Gasteiger partial charge in [-0.05, 0) is 25.8 Å². The number of hydrogen-bond donors (Lipinski definition) is 0. The third-order valence-electron chi connectivity index (χ3n) is 4.30. The number of benzene rings is 1. The van der Waals surface area contributed by atoms with Gasteiger partial charge in [-0.25, -0.2) is 4.39 Å². The Hall–Kier alpha value is -1.86. The molecule has 3 atom stereocenters. The number of hydrogen-bond acceptors (Lipinski definition) is 3. The van der Waals surface area contributed by atoms with Crippen molar-refractivity contribution in [1.82, 2.24) is 0 Å². The third kappa shape index (κ3) is 3.47. The lowest BCUT2D eigenvalue weighted by Gasteiger charge is -2.21. The van der Waals surface area contributed by atoms with Gasteiger partial charge in [-0.1, -0.05) is 6.07 Å². The maximum atomic E-state index is 13.9. The second kappa shape index (κ2) is 6.94. The van der Waals surface area contributed by atoms with Crippen LogP contribution in [0.25, 0.3) is 0 Å². The molecule has 1 fully saturated rings. The Balaban J connectivity index is 2.45. The summed E-state index contributed by atoms with van der Waals surface area (Å²) in [5.74, 6) is -7.47. The molecule has 1 aliphatic carbocycles. The van der Waals surface area contributed by atoms with Crippen LogP contribution >= 0.6 is 0 Å². The quantitative estimate of drug-likeness (QED) is 0.602. The number of alkyl halides is 3. The van der Waals surface area contributed by atoms with Crippen molar-refractivity contribution in [1.29, 1.82) is 0 Å². The summed E-state index contributed by atoms with van der Waals surface area (Å²) in [5, 5.41) is 0. The van der Waals surface area contributed by atoms with Gasteiger partial charge in [0.05, 0.1) is 25.6 Å². The maximum absolute atomic E-state index is 13.9. The molecule has 0 amide bonds. The van der Waals surface area contributed by atoms with Crippen molar-refractivity contribution < 1.29 is 36.2 Å². The minimum atomic E-state index is -4.48. The van der Waals surface area contributed by atoms with Crippen LogP contribution in [-0.2, 0) is 9.53 Å². The predicted molar refractivity (Wildman–Crippen MR) is 74.6 cm³/mol. The van der Waals surface area contributed by atoms with Gasteiger partial charge in [0.15, 0.2) is 11.6 Å². The van der Waals surface area contributed by atoms with E-state index in [-0.39, 0.29) is 12.2 Å². The van der Waals surface area contributed by atoms with E-state index in [0.29, 0.717) is 0 Å². The lowest BCUT2D eigenvalue weighted by atomic mass is 9.88. The number of halogens is 5. The molecule has 0 heterocycles. The Bertz CT molecular complexity index is 614. The van der Waals surface area contributed by atoms with Gasteiger partial charge in [-0.2, -0.15) is 17.6 Å². The van der Waals surface area contributed by atoms with Gasteiger partial charge in [-0.15, -0.1) is 0 Å². The number of carbonyl (C=O) groups is 1. The first-order valence-corrected chi connectivity index (χ1v) is 7.45. The van der Waals surface area contributed by atoms with E-state index < -0.39 is 60.1 Å². The lowest BCUT2D eigenvalue weighted by Crippen LogP contribution is -2.22. The van der Waals surface area contributed by atoms with Crippen LogP contribution in [0.4, 0.5) is 22.0 Å². The Morgan fingerprint density at radius 2 is 1.92 bits per heavy atom. The van der Waals surface area contributed by atoms with Crippen LogP contribution in [0.1, 0.15) is 31.2 Å². The fourth-order valence-electron chi connectivity index (χ4n) is 3.20.